The maximum Gasteiger partial charge on any atom is 0.202 e. The van der Waals surface area contributed by atoms with Crippen LogP contribution in [0.2, 0.25) is 0 Å². The van der Waals surface area contributed by atoms with Crippen LogP contribution >= 0.6 is 23.6 Å². The highest BCUT2D eigenvalue weighted by molar-refractivity contribution is 7.80. The summed E-state index contributed by atoms with van der Waals surface area (Å²) < 4.78 is 1.17. The van der Waals surface area contributed by atoms with Gasteiger partial charge in [0.25, 0.3) is 0 Å². The molecule has 1 aromatic heterocycles. The molecule has 1 atom stereocenters. The quantitative estimate of drug-likeness (QED) is 0.593. The predicted molar refractivity (Wildman–Crippen MR) is 81.9 cm³/mol. The smallest absolute Gasteiger partial charge is 0.202 e. The summed E-state index contributed by atoms with van der Waals surface area (Å²) in [7, 11) is 0. The first kappa shape index (κ1) is 13.0. The molecule has 1 aromatic carbocycles. The van der Waals surface area contributed by atoms with Gasteiger partial charge in [-0.25, -0.2) is 4.98 Å². The number of nitrogens with one attached hydrogen (secondary N) is 2. The standard InChI is InChI=1S/C12H16N4S2/c1-3-7(2)8-5-4-6-9-10(8)14-12(18-9)16-15-11(13)17/h4-7H,3H2,1-2H3,(H,14,16)(H3,13,15,17)/t7-/m1/s1. The van der Waals surface area contributed by atoms with Crippen molar-refractivity contribution in [2.75, 3.05) is 5.43 Å². The number of hydrazine groups is 1. The molecule has 0 fully saturated rings. The highest BCUT2D eigenvalue weighted by Crippen LogP contribution is 2.32. The van der Waals surface area contributed by atoms with Crippen molar-refractivity contribution in [2.45, 2.75) is 26.2 Å². The van der Waals surface area contributed by atoms with Crippen molar-refractivity contribution in [3.8, 4) is 0 Å². The number of rotatable bonds is 4. The molecule has 0 saturated heterocycles. The number of benzene rings is 1. The number of nitrogens with two attached hydrogens (primary N) is 1. The minimum absolute atomic E-state index is 0.205. The summed E-state index contributed by atoms with van der Waals surface area (Å²) in [6.45, 7) is 4.40. The minimum atomic E-state index is 0.205. The van der Waals surface area contributed by atoms with Crippen LogP contribution in [0.3, 0.4) is 0 Å². The van der Waals surface area contributed by atoms with Crippen molar-refractivity contribution < 1.29 is 0 Å². The van der Waals surface area contributed by atoms with Crippen LogP contribution < -0.4 is 16.6 Å². The molecule has 6 heteroatoms. The summed E-state index contributed by atoms with van der Waals surface area (Å²) in [5, 5.41) is 0.977. The molecular weight excluding hydrogens is 264 g/mol. The zero-order chi connectivity index (χ0) is 13.1. The van der Waals surface area contributed by atoms with E-state index in [-0.39, 0.29) is 5.11 Å². The second-order valence-corrected chi connectivity index (χ2v) is 5.61. The normalized spacial score (nSPS) is 12.3. The van der Waals surface area contributed by atoms with E-state index in [0.29, 0.717) is 5.92 Å². The first-order valence-corrected chi connectivity index (χ1v) is 7.05. The van der Waals surface area contributed by atoms with E-state index in [9.17, 15) is 0 Å². The second kappa shape index (κ2) is 5.49. The summed E-state index contributed by atoms with van der Waals surface area (Å²) >= 11 is 6.32. The Morgan fingerprint density at radius 2 is 2.33 bits per heavy atom. The Balaban J connectivity index is 2.35. The Kier molecular flexibility index (Phi) is 3.98. The van der Waals surface area contributed by atoms with E-state index in [1.54, 1.807) is 11.3 Å². The molecular formula is C12H16N4S2. The summed E-state index contributed by atoms with van der Waals surface area (Å²) in [6.07, 6.45) is 1.10. The largest absolute Gasteiger partial charge is 0.375 e. The summed E-state index contributed by atoms with van der Waals surface area (Å²) in [5.74, 6) is 0.507. The maximum atomic E-state index is 5.37. The summed E-state index contributed by atoms with van der Waals surface area (Å²) in [5.41, 5.74) is 13.3. The lowest BCUT2D eigenvalue weighted by atomic mass is 9.98. The van der Waals surface area contributed by atoms with Gasteiger partial charge in [-0.15, -0.1) is 0 Å². The number of fused-ring (bicyclic) bond motifs is 1. The second-order valence-electron chi connectivity index (χ2n) is 4.14. The van der Waals surface area contributed by atoms with Gasteiger partial charge in [0.15, 0.2) is 5.11 Å². The molecule has 2 rings (SSSR count). The fourth-order valence-corrected chi connectivity index (χ4v) is 2.66. The fraction of sp³-hybridized carbons (Fsp3) is 0.333. The average molecular weight is 280 g/mol. The van der Waals surface area contributed by atoms with Gasteiger partial charge >= 0.3 is 0 Å². The topological polar surface area (TPSA) is 63.0 Å². The van der Waals surface area contributed by atoms with Crippen molar-refractivity contribution in [1.82, 2.24) is 10.4 Å². The first-order chi connectivity index (χ1) is 8.61. The van der Waals surface area contributed by atoms with Crippen LogP contribution in [-0.2, 0) is 0 Å². The van der Waals surface area contributed by atoms with E-state index < -0.39 is 0 Å². The number of aromatic nitrogens is 1. The third-order valence-electron chi connectivity index (χ3n) is 2.89. The van der Waals surface area contributed by atoms with Crippen molar-refractivity contribution in [3.05, 3.63) is 23.8 Å². The number of hydrogen-bond acceptors (Lipinski definition) is 4. The lowest BCUT2D eigenvalue weighted by molar-refractivity contribution is 0.738. The number of nitrogens with zero attached hydrogens (tertiary/aromatic N) is 1. The van der Waals surface area contributed by atoms with Crippen LogP contribution in [0.1, 0.15) is 31.7 Å². The zero-order valence-corrected chi connectivity index (χ0v) is 12.0. The van der Waals surface area contributed by atoms with Crippen LogP contribution in [0, 0.1) is 0 Å². The highest BCUT2D eigenvalue weighted by atomic mass is 32.1. The van der Waals surface area contributed by atoms with E-state index in [0.717, 1.165) is 17.1 Å². The molecule has 0 spiro atoms. The van der Waals surface area contributed by atoms with Gasteiger partial charge in [-0.2, -0.15) is 0 Å². The Morgan fingerprint density at radius 1 is 1.56 bits per heavy atom. The third kappa shape index (κ3) is 2.70. The molecule has 0 amide bonds. The third-order valence-corrected chi connectivity index (χ3v) is 3.92. The minimum Gasteiger partial charge on any atom is -0.375 e. The van der Waals surface area contributed by atoms with E-state index in [2.05, 4.69) is 47.9 Å². The Bertz CT molecular complexity index is 564. The molecule has 0 bridgehead atoms. The maximum absolute atomic E-state index is 5.37. The van der Waals surface area contributed by atoms with Crippen LogP contribution in [0.25, 0.3) is 10.2 Å². The molecule has 2 aromatic rings. The monoisotopic (exact) mass is 280 g/mol. The lowest BCUT2D eigenvalue weighted by Gasteiger charge is -2.08. The van der Waals surface area contributed by atoms with Crippen molar-refractivity contribution in [1.29, 1.82) is 0 Å². The number of thiazole rings is 1. The molecule has 18 heavy (non-hydrogen) atoms. The van der Waals surface area contributed by atoms with Crippen LogP contribution in [-0.4, -0.2) is 10.1 Å². The van der Waals surface area contributed by atoms with Crippen LogP contribution in [0.5, 0.6) is 0 Å². The Labute approximate surface area is 116 Å². The van der Waals surface area contributed by atoms with Gasteiger partial charge in [-0.05, 0) is 36.2 Å². The van der Waals surface area contributed by atoms with Crippen molar-refractivity contribution in [2.24, 2.45) is 5.73 Å². The first-order valence-electron chi connectivity index (χ1n) is 5.82. The van der Waals surface area contributed by atoms with Crippen LogP contribution in [0.4, 0.5) is 5.13 Å². The van der Waals surface area contributed by atoms with E-state index in [4.69, 9.17) is 18.0 Å². The molecule has 0 aliphatic carbocycles. The number of anilines is 1. The molecule has 4 nitrogen and oxygen atoms in total. The molecule has 0 unspecified atom stereocenters. The molecule has 0 aliphatic rings. The van der Waals surface area contributed by atoms with Crippen LogP contribution in [0.15, 0.2) is 18.2 Å². The average Bonchev–Trinajstić information content (AvgIpc) is 2.77. The molecule has 1 heterocycles. The SMILES string of the molecule is CC[C@@H](C)c1cccc2sc(NNC(N)=S)nc12. The highest BCUT2D eigenvalue weighted by Gasteiger charge is 2.11. The van der Waals surface area contributed by atoms with Gasteiger partial charge in [0.1, 0.15) is 0 Å². The van der Waals surface area contributed by atoms with Gasteiger partial charge in [0.2, 0.25) is 5.13 Å². The Hall–Kier alpha value is -1.40. The van der Waals surface area contributed by atoms with Gasteiger partial charge in [-0.1, -0.05) is 37.3 Å². The number of thiocarbonyl (C=S) groups is 1. The van der Waals surface area contributed by atoms with Gasteiger partial charge < -0.3 is 5.73 Å². The lowest BCUT2D eigenvalue weighted by Crippen LogP contribution is -2.33. The van der Waals surface area contributed by atoms with E-state index >= 15 is 0 Å². The zero-order valence-electron chi connectivity index (χ0n) is 10.4. The summed E-state index contributed by atoms with van der Waals surface area (Å²) in [4.78, 5) is 4.58. The molecule has 96 valence electrons. The summed E-state index contributed by atoms with van der Waals surface area (Å²) in [6, 6.07) is 6.29. The Morgan fingerprint density at radius 3 is 3.00 bits per heavy atom. The number of hydrogen-bond donors (Lipinski definition) is 3. The molecule has 0 radical (unpaired) electrons. The predicted octanol–water partition coefficient (Wildman–Crippen LogP) is 2.97. The van der Waals surface area contributed by atoms with Gasteiger partial charge in [0, 0.05) is 0 Å². The van der Waals surface area contributed by atoms with Crippen molar-refractivity contribution in [3.63, 3.8) is 0 Å². The fourth-order valence-electron chi connectivity index (χ4n) is 1.76. The van der Waals surface area contributed by atoms with Gasteiger partial charge in [0.05, 0.1) is 10.2 Å². The molecule has 0 saturated carbocycles. The van der Waals surface area contributed by atoms with Gasteiger partial charge in [-0.3, -0.25) is 10.9 Å². The number of para-hydroxylation sites is 1. The van der Waals surface area contributed by atoms with E-state index in [1.807, 2.05) is 0 Å². The molecule has 0 aliphatic heterocycles. The van der Waals surface area contributed by atoms with E-state index in [1.165, 1.54) is 10.3 Å². The molecule has 4 N–H and O–H groups in total. The van der Waals surface area contributed by atoms with Crippen molar-refractivity contribution >= 4 is 44.0 Å².